The van der Waals surface area contributed by atoms with Gasteiger partial charge in [-0.1, -0.05) is 23.4 Å². The predicted molar refractivity (Wildman–Crippen MR) is 126 cm³/mol. The van der Waals surface area contributed by atoms with Gasteiger partial charge in [0.15, 0.2) is 0 Å². The molecule has 176 valence electrons. The van der Waals surface area contributed by atoms with E-state index in [4.69, 9.17) is 14.0 Å². The Labute approximate surface area is 198 Å². The van der Waals surface area contributed by atoms with Crippen molar-refractivity contribution in [2.45, 2.75) is 51.7 Å². The smallest absolute Gasteiger partial charge is 0.305 e. The number of hydrogen-bond acceptors (Lipinski definition) is 8. The maximum absolute atomic E-state index is 11.3. The number of fused-ring (bicyclic) bond motifs is 1. The van der Waals surface area contributed by atoms with E-state index in [-0.39, 0.29) is 18.1 Å². The van der Waals surface area contributed by atoms with Crippen LogP contribution < -0.4 is 10.1 Å². The standard InChI is InChI=1S/C26H28N4O4/c1-16(2)33-23-12-9-17(14-18(23)15-27)26-29-25(30-34-26)21-7-4-6-20-19(21)10-11-22(20)28-13-5-8-24(31)32-3/h4,6-7,9,12,14,16,22,28H,5,8,10-11,13H2,1-3H3. The number of esters is 1. The second kappa shape index (κ2) is 10.5. The number of methoxy groups -OCH3 is 1. The van der Waals surface area contributed by atoms with Gasteiger partial charge in [0.1, 0.15) is 11.8 Å². The monoisotopic (exact) mass is 460 g/mol. The number of ether oxygens (including phenoxy) is 2. The van der Waals surface area contributed by atoms with Crippen LogP contribution in [0.15, 0.2) is 40.9 Å². The number of benzene rings is 2. The van der Waals surface area contributed by atoms with Crippen LogP contribution in [0.5, 0.6) is 5.75 Å². The minimum Gasteiger partial charge on any atom is -0.490 e. The summed E-state index contributed by atoms with van der Waals surface area (Å²) >= 11 is 0. The lowest BCUT2D eigenvalue weighted by Crippen LogP contribution is -2.21. The van der Waals surface area contributed by atoms with E-state index in [2.05, 4.69) is 27.6 Å². The van der Waals surface area contributed by atoms with E-state index in [1.165, 1.54) is 18.2 Å². The maximum Gasteiger partial charge on any atom is 0.305 e. The Kier molecular flexibility index (Phi) is 7.24. The molecular formula is C26H28N4O4. The molecule has 34 heavy (non-hydrogen) atoms. The molecule has 0 saturated heterocycles. The molecule has 1 aliphatic carbocycles. The van der Waals surface area contributed by atoms with Crippen LogP contribution in [-0.4, -0.2) is 35.9 Å². The first kappa shape index (κ1) is 23.5. The fraction of sp³-hybridized carbons (Fsp3) is 0.385. The quantitative estimate of drug-likeness (QED) is 0.365. The minimum absolute atomic E-state index is 0.0284. The van der Waals surface area contributed by atoms with Gasteiger partial charge in [0.05, 0.1) is 18.8 Å². The first-order valence-electron chi connectivity index (χ1n) is 11.5. The topological polar surface area (TPSA) is 110 Å². The number of nitrogens with one attached hydrogen (secondary N) is 1. The molecule has 0 bridgehead atoms. The lowest BCUT2D eigenvalue weighted by molar-refractivity contribution is -0.140. The molecule has 3 aromatic rings. The predicted octanol–water partition coefficient (Wildman–Crippen LogP) is 4.59. The molecule has 0 aliphatic heterocycles. The van der Waals surface area contributed by atoms with Gasteiger partial charge in [-0.2, -0.15) is 10.2 Å². The van der Waals surface area contributed by atoms with E-state index in [0.717, 1.165) is 31.4 Å². The molecule has 4 rings (SSSR count). The fourth-order valence-corrected chi connectivity index (χ4v) is 4.24. The van der Waals surface area contributed by atoms with Crippen molar-refractivity contribution < 1.29 is 18.8 Å². The number of nitriles is 1. The van der Waals surface area contributed by atoms with E-state index in [0.29, 0.717) is 35.0 Å². The molecule has 0 radical (unpaired) electrons. The Morgan fingerprint density at radius 3 is 2.94 bits per heavy atom. The summed E-state index contributed by atoms with van der Waals surface area (Å²) in [5.74, 6) is 1.23. The van der Waals surface area contributed by atoms with E-state index in [1.807, 2.05) is 32.0 Å². The van der Waals surface area contributed by atoms with Gasteiger partial charge in [0.25, 0.3) is 5.89 Å². The molecule has 2 aromatic carbocycles. The molecule has 1 aliphatic rings. The number of hydrogen-bond donors (Lipinski definition) is 1. The van der Waals surface area contributed by atoms with Crippen molar-refractivity contribution in [3.05, 3.63) is 53.1 Å². The lowest BCUT2D eigenvalue weighted by Gasteiger charge is -2.14. The van der Waals surface area contributed by atoms with Crippen LogP contribution in [0.2, 0.25) is 0 Å². The third kappa shape index (κ3) is 5.10. The van der Waals surface area contributed by atoms with E-state index < -0.39 is 0 Å². The summed E-state index contributed by atoms with van der Waals surface area (Å²) in [7, 11) is 1.41. The average molecular weight is 461 g/mol. The average Bonchev–Trinajstić information content (AvgIpc) is 3.49. The third-order valence-corrected chi connectivity index (χ3v) is 5.82. The number of carbonyl (C=O) groups is 1. The fourth-order valence-electron chi connectivity index (χ4n) is 4.24. The molecule has 0 saturated carbocycles. The minimum atomic E-state index is -0.187. The highest BCUT2D eigenvalue weighted by atomic mass is 16.5. The van der Waals surface area contributed by atoms with Crippen molar-refractivity contribution in [1.82, 2.24) is 15.5 Å². The van der Waals surface area contributed by atoms with Crippen molar-refractivity contribution in [1.29, 1.82) is 5.26 Å². The van der Waals surface area contributed by atoms with Gasteiger partial charge in [-0.25, -0.2) is 0 Å². The first-order chi connectivity index (χ1) is 16.5. The van der Waals surface area contributed by atoms with Crippen LogP contribution in [0.25, 0.3) is 22.8 Å². The third-order valence-electron chi connectivity index (χ3n) is 5.82. The van der Waals surface area contributed by atoms with Gasteiger partial charge >= 0.3 is 5.97 Å². The van der Waals surface area contributed by atoms with Gasteiger partial charge in [0.2, 0.25) is 5.82 Å². The Morgan fingerprint density at radius 1 is 1.32 bits per heavy atom. The molecule has 0 fully saturated rings. The summed E-state index contributed by atoms with van der Waals surface area (Å²) in [5, 5.41) is 17.3. The Bertz CT molecular complexity index is 1210. The zero-order chi connectivity index (χ0) is 24.1. The zero-order valence-electron chi connectivity index (χ0n) is 19.6. The molecule has 1 N–H and O–H groups in total. The Morgan fingerprint density at radius 2 is 2.18 bits per heavy atom. The summed E-state index contributed by atoms with van der Waals surface area (Å²) in [6.07, 6.45) is 2.99. The van der Waals surface area contributed by atoms with Gasteiger partial charge < -0.3 is 19.3 Å². The van der Waals surface area contributed by atoms with E-state index >= 15 is 0 Å². The second-order valence-corrected chi connectivity index (χ2v) is 8.51. The van der Waals surface area contributed by atoms with Crippen molar-refractivity contribution in [2.24, 2.45) is 0 Å². The zero-order valence-corrected chi connectivity index (χ0v) is 19.6. The van der Waals surface area contributed by atoms with Crippen LogP contribution in [0.4, 0.5) is 0 Å². The number of nitrogens with zero attached hydrogens (tertiary/aromatic N) is 3. The molecule has 1 atom stereocenters. The van der Waals surface area contributed by atoms with Gasteiger partial charge in [0, 0.05) is 23.6 Å². The Balaban J connectivity index is 1.51. The van der Waals surface area contributed by atoms with Crippen molar-refractivity contribution in [3.8, 4) is 34.7 Å². The van der Waals surface area contributed by atoms with Gasteiger partial charge in [-0.15, -0.1) is 0 Å². The summed E-state index contributed by atoms with van der Waals surface area (Å²) in [5.41, 5.74) is 4.48. The molecule has 0 spiro atoms. The Hall–Kier alpha value is -3.70. The number of rotatable bonds is 9. The molecule has 8 nitrogen and oxygen atoms in total. The summed E-state index contributed by atoms with van der Waals surface area (Å²) in [6, 6.07) is 13.8. The largest absolute Gasteiger partial charge is 0.490 e. The van der Waals surface area contributed by atoms with E-state index in [9.17, 15) is 10.1 Å². The van der Waals surface area contributed by atoms with Crippen LogP contribution in [0.1, 0.15) is 55.8 Å². The van der Waals surface area contributed by atoms with Gasteiger partial charge in [-0.05, 0) is 69.0 Å². The normalized spacial score (nSPS) is 14.6. The highest BCUT2D eigenvalue weighted by Gasteiger charge is 2.26. The maximum atomic E-state index is 11.3. The number of carbonyl (C=O) groups excluding carboxylic acids is 1. The summed E-state index contributed by atoms with van der Waals surface area (Å²) in [6.45, 7) is 4.58. The molecule has 1 heterocycles. The molecule has 1 unspecified atom stereocenters. The van der Waals surface area contributed by atoms with Crippen molar-refractivity contribution in [2.75, 3.05) is 13.7 Å². The summed E-state index contributed by atoms with van der Waals surface area (Å²) in [4.78, 5) is 15.9. The van der Waals surface area contributed by atoms with Crippen LogP contribution in [-0.2, 0) is 16.0 Å². The molecule has 8 heteroatoms. The first-order valence-corrected chi connectivity index (χ1v) is 11.5. The second-order valence-electron chi connectivity index (χ2n) is 8.51. The highest BCUT2D eigenvalue weighted by Crippen LogP contribution is 2.37. The summed E-state index contributed by atoms with van der Waals surface area (Å²) < 4.78 is 15.9. The van der Waals surface area contributed by atoms with Gasteiger partial charge in [-0.3, -0.25) is 4.79 Å². The lowest BCUT2D eigenvalue weighted by atomic mass is 10.0. The van der Waals surface area contributed by atoms with Crippen molar-refractivity contribution in [3.63, 3.8) is 0 Å². The number of aromatic nitrogens is 2. The SMILES string of the molecule is COC(=O)CCCNC1CCc2c(-c3noc(-c4ccc(OC(C)C)c(C#N)c4)n3)cccc21. The van der Waals surface area contributed by atoms with Crippen LogP contribution >= 0.6 is 0 Å². The molecule has 1 aromatic heterocycles. The highest BCUT2D eigenvalue weighted by molar-refractivity contribution is 5.69. The molecular weight excluding hydrogens is 432 g/mol. The van der Waals surface area contributed by atoms with Crippen LogP contribution in [0, 0.1) is 11.3 Å². The molecule has 0 amide bonds. The van der Waals surface area contributed by atoms with Crippen molar-refractivity contribution >= 4 is 5.97 Å². The van der Waals surface area contributed by atoms with Crippen LogP contribution in [0.3, 0.4) is 0 Å². The van der Waals surface area contributed by atoms with E-state index in [1.54, 1.807) is 12.1 Å².